The van der Waals surface area contributed by atoms with Crippen molar-refractivity contribution in [2.45, 2.75) is 13.0 Å². The number of ether oxygens (including phenoxy) is 1. The highest BCUT2D eigenvalue weighted by molar-refractivity contribution is 5.37. The van der Waals surface area contributed by atoms with Crippen molar-refractivity contribution < 1.29 is 4.74 Å². The molecule has 0 aliphatic carbocycles. The van der Waals surface area contributed by atoms with E-state index in [1.807, 2.05) is 0 Å². The molecule has 1 aromatic carbocycles. The van der Waals surface area contributed by atoms with Crippen LogP contribution in [0.4, 0.5) is 0 Å². The first kappa shape index (κ1) is 17.4. The van der Waals surface area contributed by atoms with Gasteiger partial charge in [0, 0.05) is 64.3 Å². The first-order valence-corrected chi connectivity index (χ1v) is 9.08. The maximum absolute atomic E-state index is 5.37. The fraction of sp³-hybridized carbons (Fsp3) is 0.600. The molecule has 4 heteroatoms. The van der Waals surface area contributed by atoms with Gasteiger partial charge in [-0.15, -0.1) is 0 Å². The van der Waals surface area contributed by atoms with Crippen LogP contribution in [0.15, 0.2) is 24.3 Å². The first-order valence-electron chi connectivity index (χ1n) is 9.08. The third kappa shape index (κ3) is 5.61. The van der Waals surface area contributed by atoms with E-state index in [0.29, 0.717) is 0 Å². The molecule has 0 N–H and O–H groups in total. The highest BCUT2D eigenvalue weighted by Gasteiger charge is 2.13. The second-order valence-corrected chi connectivity index (χ2v) is 6.79. The van der Waals surface area contributed by atoms with Gasteiger partial charge >= 0.3 is 0 Å². The molecular weight excluding hydrogens is 298 g/mol. The standard InChI is InChI=1S/C20H29N3O/c1-21-9-11-23(12-10-21)18-20-7-4-6-19(17-20)5-2-3-8-22-13-15-24-16-14-22/h4,6-7,17H,3,8-16,18H2,1H3. The Kier molecular flexibility index (Phi) is 6.68. The summed E-state index contributed by atoms with van der Waals surface area (Å²) in [6.07, 6.45) is 0.933. The zero-order valence-corrected chi connectivity index (χ0v) is 14.8. The van der Waals surface area contributed by atoms with E-state index >= 15 is 0 Å². The number of benzene rings is 1. The number of hydrogen-bond donors (Lipinski definition) is 0. The van der Waals surface area contributed by atoms with Crippen molar-refractivity contribution in [1.82, 2.24) is 14.7 Å². The van der Waals surface area contributed by atoms with Gasteiger partial charge < -0.3 is 9.64 Å². The molecule has 3 rings (SSSR count). The Bertz CT molecular complexity index is 564. The van der Waals surface area contributed by atoms with Crippen molar-refractivity contribution in [3.8, 4) is 11.8 Å². The van der Waals surface area contributed by atoms with Gasteiger partial charge in [-0.1, -0.05) is 24.0 Å². The molecule has 0 bridgehead atoms. The number of morpholine rings is 1. The van der Waals surface area contributed by atoms with Gasteiger partial charge in [-0.05, 0) is 24.7 Å². The molecule has 2 heterocycles. The summed E-state index contributed by atoms with van der Waals surface area (Å²) in [4.78, 5) is 7.36. The minimum atomic E-state index is 0.863. The molecular formula is C20H29N3O. The topological polar surface area (TPSA) is 19.0 Å². The lowest BCUT2D eigenvalue weighted by atomic mass is 10.1. The minimum absolute atomic E-state index is 0.863. The van der Waals surface area contributed by atoms with Crippen molar-refractivity contribution in [2.24, 2.45) is 0 Å². The SMILES string of the molecule is CN1CCN(Cc2cccc(C#CCCN3CCOCC3)c2)CC1. The van der Waals surface area contributed by atoms with Crippen LogP contribution < -0.4 is 0 Å². The summed E-state index contributed by atoms with van der Waals surface area (Å²) in [5, 5.41) is 0. The predicted octanol–water partition coefficient (Wildman–Crippen LogP) is 1.51. The second kappa shape index (κ2) is 9.19. The molecule has 2 aliphatic rings. The fourth-order valence-electron chi connectivity index (χ4n) is 3.21. The number of piperazine rings is 1. The average Bonchev–Trinajstić information content (AvgIpc) is 2.62. The smallest absolute Gasteiger partial charge is 0.0594 e. The van der Waals surface area contributed by atoms with E-state index in [0.717, 1.165) is 64.5 Å². The molecule has 0 atom stereocenters. The number of rotatable bonds is 4. The van der Waals surface area contributed by atoms with Crippen molar-refractivity contribution in [3.05, 3.63) is 35.4 Å². The predicted molar refractivity (Wildman–Crippen MR) is 98.0 cm³/mol. The van der Waals surface area contributed by atoms with E-state index < -0.39 is 0 Å². The summed E-state index contributed by atoms with van der Waals surface area (Å²) in [6.45, 7) is 10.6. The van der Waals surface area contributed by atoms with Gasteiger partial charge in [-0.3, -0.25) is 9.80 Å². The van der Waals surface area contributed by atoms with Crippen molar-refractivity contribution in [1.29, 1.82) is 0 Å². The number of hydrogen-bond acceptors (Lipinski definition) is 4. The van der Waals surface area contributed by atoms with Gasteiger partial charge in [-0.25, -0.2) is 0 Å². The summed E-state index contributed by atoms with van der Waals surface area (Å²) < 4.78 is 5.37. The minimum Gasteiger partial charge on any atom is -0.379 e. The maximum Gasteiger partial charge on any atom is 0.0594 e. The largest absolute Gasteiger partial charge is 0.379 e. The maximum atomic E-state index is 5.37. The average molecular weight is 327 g/mol. The van der Waals surface area contributed by atoms with E-state index in [9.17, 15) is 0 Å². The van der Waals surface area contributed by atoms with Crippen LogP contribution in [0.1, 0.15) is 17.5 Å². The van der Waals surface area contributed by atoms with Crippen LogP contribution in [0.2, 0.25) is 0 Å². The number of nitrogens with zero attached hydrogens (tertiary/aromatic N) is 3. The Balaban J connectivity index is 1.47. The van der Waals surface area contributed by atoms with E-state index in [1.165, 1.54) is 18.7 Å². The summed E-state index contributed by atoms with van der Waals surface area (Å²) >= 11 is 0. The lowest BCUT2D eigenvalue weighted by Crippen LogP contribution is -2.43. The monoisotopic (exact) mass is 327 g/mol. The van der Waals surface area contributed by atoms with Gasteiger partial charge in [-0.2, -0.15) is 0 Å². The highest BCUT2D eigenvalue weighted by atomic mass is 16.5. The molecule has 0 radical (unpaired) electrons. The van der Waals surface area contributed by atoms with E-state index in [-0.39, 0.29) is 0 Å². The Morgan fingerprint density at radius 3 is 2.58 bits per heavy atom. The molecule has 0 aromatic heterocycles. The van der Waals surface area contributed by atoms with Crippen LogP contribution in [0.25, 0.3) is 0 Å². The Morgan fingerprint density at radius 1 is 1.00 bits per heavy atom. The quantitative estimate of drug-likeness (QED) is 0.780. The van der Waals surface area contributed by atoms with Crippen LogP contribution in [0.3, 0.4) is 0 Å². The van der Waals surface area contributed by atoms with Crippen LogP contribution >= 0.6 is 0 Å². The van der Waals surface area contributed by atoms with Crippen LogP contribution in [-0.2, 0) is 11.3 Å². The summed E-state index contributed by atoms with van der Waals surface area (Å²) in [7, 11) is 2.20. The van der Waals surface area contributed by atoms with Gasteiger partial charge in [0.25, 0.3) is 0 Å². The van der Waals surface area contributed by atoms with Crippen LogP contribution in [-0.4, -0.2) is 80.8 Å². The zero-order valence-electron chi connectivity index (χ0n) is 14.8. The Labute approximate surface area is 146 Å². The molecule has 0 unspecified atom stereocenters. The Hall–Kier alpha value is -1.38. The number of likely N-dealkylation sites (N-methyl/N-ethyl adjacent to an activating group) is 1. The van der Waals surface area contributed by atoms with Gasteiger partial charge in [0.15, 0.2) is 0 Å². The highest BCUT2D eigenvalue weighted by Crippen LogP contribution is 2.10. The third-order valence-corrected chi connectivity index (χ3v) is 4.82. The van der Waals surface area contributed by atoms with Crippen molar-refractivity contribution >= 4 is 0 Å². The molecule has 1 aromatic rings. The summed E-state index contributed by atoms with van der Waals surface area (Å²) in [5.41, 5.74) is 2.52. The molecule has 130 valence electrons. The van der Waals surface area contributed by atoms with E-state index in [4.69, 9.17) is 4.74 Å². The lowest BCUT2D eigenvalue weighted by molar-refractivity contribution is 0.0390. The van der Waals surface area contributed by atoms with Gasteiger partial charge in [0.05, 0.1) is 13.2 Å². The van der Waals surface area contributed by atoms with Crippen molar-refractivity contribution in [2.75, 3.05) is 66.1 Å². The second-order valence-electron chi connectivity index (χ2n) is 6.79. The molecule has 2 saturated heterocycles. The normalized spacial score (nSPS) is 20.5. The molecule has 0 amide bonds. The fourth-order valence-corrected chi connectivity index (χ4v) is 3.21. The van der Waals surface area contributed by atoms with E-state index in [2.05, 4.69) is 57.9 Å². The first-order chi connectivity index (χ1) is 11.8. The van der Waals surface area contributed by atoms with Crippen LogP contribution in [0.5, 0.6) is 0 Å². The molecule has 0 spiro atoms. The molecule has 2 fully saturated rings. The molecule has 2 aliphatic heterocycles. The van der Waals surface area contributed by atoms with Gasteiger partial charge in [0.1, 0.15) is 0 Å². The van der Waals surface area contributed by atoms with Gasteiger partial charge in [0.2, 0.25) is 0 Å². The zero-order chi connectivity index (χ0) is 16.6. The van der Waals surface area contributed by atoms with Crippen molar-refractivity contribution in [3.63, 3.8) is 0 Å². The Morgan fingerprint density at radius 2 is 1.79 bits per heavy atom. The molecule has 0 saturated carbocycles. The lowest BCUT2D eigenvalue weighted by Gasteiger charge is -2.32. The third-order valence-electron chi connectivity index (χ3n) is 4.82. The molecule has 24 heavy (non-hydrogen) atoms. The molecule has 4 nitrogen and oxygen atoms in total. The summed E-state index contributed by atoms with van der Waals surface area (Å²) in [6, 6.07) is 8.73. The van der Waals surface area contributed by atoms with Crippen LogP contribution in [0, 0.1) is 11.8 Å². The van der Waals surface area contributed by atoms with E-state index in [1.54, 1.807) is 0 Å². The summed E-state index contributed by atoms with van der Waals surface area (Å²) in [5.74, 6) is 6.67.